The zero-order chi connectivity index (χ0) is 16.2. The fraction of sp³-hybridized carbons (Fsp3) is 0.867. The van der Waals surface area contributed by atoms with E-state index in [0.717, 1.165) is 6.42 Å². The second-order valence-corrected chi connectivity index (χ2v) is 6.68. The van der Waals surface area contributed by atoms with Gasteiger partial charge in [0.1, 0.15) is 17.8 Å². The maximum absolute atomic E-state index is 13.3. The molecule has 1 heterocycles. The van der Waals surface area contributed by atoms with Crippen LogP contribution in [0, 0.1) is 5.92 Å². The summed E-state index contributed by atoms with van der Waals surface area (Å²) in [4.78, 5) is 25.9. The maximum atomic E-state index is 13.3. The lowest BCUT2D eigenvalue weighted by molar-refractivity contribution is -0.133. The fourth-order valence-electron chi connectivity index (χ4n) is 2.23. The molecule has 1 aliphatic heterocycles. The van der Waals surface area contributed by atoms with Crippen molar-refractivity contribution in [2.45, 2.75) is 65.3 Å². The van der Waals surface area contributed by atoms with Crippen molar-refractivity contribution in [2.24, 2.45) is 5.92 Å². The fourth-order valence-corrected chi connectivity index (χ4v) is 2.23. The van der Waals surface area contributed by atoms with Crippen LogP contribution in [0.15, 0.2) is 0 Å². The lowest BCUT2D eigenvalue weighted by Gasteiger charge is -2.29. The lowest BCUT2D eigenvalue weighted by Crippen LogP contribution is -2.52. The van der Waals surface area contributed by atoms with Crippen molar-refractivity contribution in [1.29, 1.82) is 0 Å². The van der Waals surface area contributed by atoms with Gasteiger partial charge in [0, 0.05) is 6.54 Å². The van der Waals surface area contributed by atoms with E-state index in [1.165, 1.54) is 4.90 Å². The van der Waals surface area contributed by atoms with E-state index in [1.807, 2.05) is 13.8 Å². The Morgan fingerprint density at radius 1 is 1.43 bits per heavy atom. The number of likely N-dealkylation sites (tertiary alicyclic amines) is 1. The highest BCUT2D eigenvalue weighted by Gasteiger charge is 2.34. The Morgan fingerprint density at radius 2 is 2.05 bits per heavy atom. The number of hydrogen-bond acceptors (Lipinski definition) is 3. The molecule has 3 atom stereocenters. The summed E-state index contributed by atoms with van der Waals surface area (Å²) in [6, 6.07) is -0.671. The van der Waals surface area contributed by atoms with Crippen LogP contribution < -0.4 is 5.32 Å². The normalized spacial score (nSPS) is 21.8. The van der Waals surface area contributed by atoms with E-state index >= 15 is 0 Å². The first-order valence-corrected chi connectivity index (χ1v) is 7.56. The minimum absolute atomic E-state index is 0.0383. The summed E-state index contributed by atoms with van der Waals surface area (Å²) in [5, 5.41) is 2.64. The molecule has 6 heteroatoms. The molecule has 0 aromatic heterocycles. The summed E-state index contributed by atoms with van der Waals surface area (Å²) in [5.41, 5.74) is -0.620. The molecule has 1 N–H and O–H groups in total. The highest BCUT2D eigenvalue weighted by molar-refractivity contribution is 5.86. The molecule has 1 saturated heterocycles. The molecular formula is C15H27FN2O3. The first-order chi connectivity index (χ1) is 9.64. The van der Waals surface area contributed by atoms with Gasteiger partial charge in [-0.3, -0.25) is 4.79 Å². The van der Waals surface area contributed by atoms with Gasteiger partial charge in [0.2, 0.25) is 5.91 Å². The third kappa shape index (κ3) is 5.52. The molecule has 1 fully saturated rings. The minimum Gasteiger partial charge on any atom is -0.444 e. The molecule has 5 nitrogen and oxygen atoms in total. The number of nitrogens with zero attached hydrogens (tertiary/aromatic N) is 1. The van der Waals surface area contributed by atoms with E-state index in [1.54, 1.807) is 20.8 Å². The first-order valence-electron chi connectivity index (χ1n) is 7.56. The van der Waals surface area contributed by atoms with Crippen LogP contribution in [-0.2, 0) is 9.53 Å². The second kappa shape index (κ2) is 7.09. The van der Waals surface area contributed by atoms with Crippen LogP contribution in [-0.4, -0.2) is 47.8 Å². The second-order valence-electron chi connectivity index (χ2n) is 6.68. The van der Waals surface area contributed by atoms with Crippen molar-refractivity contribution in [1.82, 2.24) is 10.2 Å². The molecule has 1 unspecified atom stereocenters. The van der Waals surface area contributed by atoms with Crippen molar-refractivity contribution < 1.29 is 18.7 Å². The number of halogens is 1. The Balaban J connectivity index is 2.72. The first kappa shape index (κ1) is 17.7. The van der Waals surface area contributed by atoms with Crippen LogP contribution in [0.4, 0.5) is 9.18 Å². The molecule has 1 rings (SSSR count). The third-order valence-corrected chi connectivity index (χ3v) is 3.59. The van der Waals surface area contributed by atoms with Crippen molar-refractivity contribution in [3.05, 3.63) is 0 Å². The molecule has 0 bridgehead atoms. The Bertz CT molecular complexity index is 382. The maximum Gasteiger partial charge on any atom is 0.408 e. The van der Waals surface area contributed by atoms with Gasteiger partial charge in [0.25, 0.3) is 0 Å². The summed E-state index contributed by atoms with van der Waals surface area (Å²) >= 11 is 0. The summed E-state index contributed by atoms with van der Waals surface area (Å²) in [5.74, 6) is -0.265. The van der Waals surface area contributed by atoms with Gasteiger partial charge >= 0.3 is 6.09 Å². The summed E-state index contributed by atoms with van der Waals surface area (Å²) in [6.45, 7) is 9.65. The number of alkyl halides is 1. The SMILES string of the molecule is CC[C@H](C)[C@H](NC(=O)OC(C)(C)C)C(=O)N1CCC(F)C1. The van der Waals surface area contributed by atoms with Crippen LogP contribution in [0.3, 0.4) is 0 Å². The van der Waals surface area contributed by atoms with Gasteiger partial charge in [0.15, 0.2) is 0 Å². The highest BCUT2D eigenvalue weighted by atomic mass is 19.1. The summed E-state index contributed by atoms with van der Waals surface area (Å²) in [6.07, 6.45) is -0.477. The van der Waals surface area contributed by atoms with Gasteiger partial charge in [-0.1, -0.05) is 20.3 Å². The van der Waals surface area contributed by atoms with Gasteiger partial charge < -0.3 is 15.0 Å². The molecule has 2 amide bonds. The molecule has 0 aromatic rings. The molecule has 0 spiro atoms. The molecule has 1 aliphatic rings. The molecular weight excluding hydrogens is 275 g/mol. The van der Waals surface area contributed by atoms with Crippen molar-refractivity contribution >= 4 is 12.0 Å². The molecule has 0 saturated carbocycles. The summed E-state index contributed by atoms with van der Waals surface area (Å²) in [7, 11) is 0. The number of amides is 2. The van der Waals surface area contributed by atoms with Gasteiger partial charge in [-0.2, -0.15) is 0 Å². The topological polar surface area (TPSA) is 58.6 Å². The number of carbonyl (C=O) groups is 2. The molecule has 122 valence electrons. The number of carbonyl (C=O) groups excluding carboxylic acids is 2. The molecule has 21 heavy (non-hydrogen) atoms. The minimum atomic E-state index is -0.965. The highest BCUT2D eigenvalue weighted by Crippen LogP contribution is 2.18. The van der Waals surface area contributed by atoms with Crippen molar-refractivity contribution in [3.63, 3.8) is 0 Å². The van der Waals surface area contributed by atoms with Crippen LogP contribution in [0.2, 0.25) is 0 Å². The van der Waals surface area contributed by atoms with Crippen molar-refractivity contribution in [2.75, 3.05) is 13.1 Å². The van der Waals surface area contributed by atoms with E-state index in [-0.39, 0.29) is 18.4 Å². The Morgan fingerprint density at radius 3 is 2.48 bits per heavy atom. The van der Waals surface area contributed by atoms with Gasteiger partial charge in [0.05, 0.1) is 6.54 Å². The Hall–Kier alpha value is -1.33. The van der Waals surface area contributed by atoms with E-state index in [4.69, 9.17) is 4.74 Å². The lowest BCUT2D eigenvalue weighted by atomic mass is 9.98. The molecule has 0 aromatic carbocycles. The summed E-state index contributed by atoms with van der Waals surface area (Å²) < 4.78 is 18.5. The van der Waals surface area contributed by atoms with Crippen LogP contribution in [0.1, 0.15) is 47.5 Å². The van der Waals surface area contributed by atoms with Gasteiger partial charge in [-0.15, -0.1) is 0 Å². The van der Waals surface area contributed by atoms with Crippen LogP contribution in [0.25, 0.3) is 0 Å². The van der Waals surface area contributed by atoms with E-state index in [9.17, 15) is 14.0 Å². The predicted molar refractivity (Wildman–Crippen MR) is 78.7 cm³/mol. The Labute approximate surface area is 126 Å². The van der Waals surface area contributed by atoms with Crippen molar-refractivity contribution in [3.8, 4) is 0 Å². The standard InChI is InChI=1S/C15H27FN2O3/c1-6-10(2)12(17-14(20)21-15(3,4)5)13(19)18-8-7-11(16)9-18/h10-12H,6-9H2,1-5H3,(H,17,20)/t10-,11?,12-/m0/s1. The Kier molecular flexibility index (Phi) is 5.98. The quantitative estimate of drug-likeness (QED) is 0.868. The predicted octanol–water partition coefficient (Wildman–Crippen LogP) is 2.50. The zero-order valence-electron chi connectivity index (χ0n) is 13.6. The average molecular weight is 302 g/mol. The monoisotopic (exact) mass is 302 g/mol. The number of alkyl carbamates (subject to hydrolysis) is 1. The smallest absolute Gasteiger partial charge is 0.408 e. The number of rotatable bonds is 4. The van der Waals surface area contributed by atoms with E-state index in [2.05, 4.69) is 5.32 Å². The number of ether oxygens (including phenoxy) is 1. The van der Waals surface area contributed by atoms with Crippen LogP contribution in [0.5, 0.6) is 0 Å². The zero-order valence-corrected chi connectivity index (χ0v) is 13.6. The van der Waals surface area contributed by atoms with E-state index < -0.39 is 23.9 Å². The van der Waals surface area contributed by atoms with Gasteiger partial charge in [-0.25, -0.2) is 9.18 Å². The molecule has 0 radical (unpaired) electrons. The molecule has 0 aliphatic carbocycles. The van der Waals surface area contributed by atoms with E-state index in [0.29, 0.717) is 13.0 Å². The van der Waals surface area contributed by atoms with Gasteiger partial charge in [-0.05, 0) is 33.1 Å². The number of hydrogen-bond donors (Lipinski definition) is 1. The van der Waals surface area contributed by atoms with Crippen LogP contribution >= 0.6 is 0 Å². The number of nitrogens with one attached hydrogen (secondary N) is 1. The average Bonchev–Trinajstić information content (AvgIpc) is 2.79. The third-order valence-electron chi connectivity index (χ3n) is 3.59. The largest absolute Gasteiger partial charge is 0.444 e.